The first-order valence-corrected chi connectivity index (χ1v) is 6.63. The molecule has 0 radical (unpaired) electrons. The first-order chi connectivity index (χ1) is 8.67. The molecule has 0 bridgehead atoms. The van der Waals surface area contributed by atoms with E-state index in [1.54, 1.807) is 18.5 Å². The van der Waals surface area contributed by atoms with Gasteiger partial charge in [-0.1, -0.05) is 11.6 Å². The average Bonchev–Trinajstić information content (AvgIpc) is 2.72. The number of nitrogens with zero attached hydrogens (tertiary/aromatic N) is 3. The zero-order chi connectivity index (χ0) is 13.1. The van der Waals surface area contributed by atoms with Gasteiger partial charge in [0, 0.05) is 12.7 Å². The zero-order valence-electron chi connectivity index (χ0n) is 9.77. The van der Waals surface area contributed by atoms with Gasteiger partial charge < -0.3 is 0 Å². The van der Waals surface area contributed by atoms with Crippen LogP contribution in [0.2, 0.25) is 5.15 Å². The Balaban J connectivity index is 2.48. The van der Waals surface area contributed by atoms with E-state index in [-0.39, 0.29) is 6.04 Å². The van der Waals surface area contributed by atoms with Gasteiger partial charge in [0.2, 0.25) is 0 Å². The van der Waals surface area contributed by atoms with Crippen molar-refractivity contribution in [1.82, 2.24) is 20.2 Å². The maximum Gasteiger partial charge on any atom is 0.129 e. The van der Waals surface area contributed by atoms with Crippen LogP contribution in [0.5, 0.6) is 0 Å². The van der Waals surface area contributed by atoms with Crippen molar-refractivity contribution in [1.29, 1.82) is 0 Å². The smallest absolute Gasteiger partial charge is 0.129 e. The van der Waals surface area contributed by atoms with Crippen molar-refractivity contribution in [3.63, 3.8) is 0 Å². The summed E-state index contributed by atoms with van der Waals surface area (Å²) in [6.07, 6.45) is 3.41. The van der Waals surface area contributed by atoms with Gasteiger partial charge in [-0.2, -0.15) is 5.10 Å². The third kappa shape index (κ3) is 2.56. The van der Waals surface area contributed by atoms with Crippen molar-refractivity contribution in [3.8, 4) is 0 Å². The number of nitrogens with two attached hydrogens (primary N) is 1. The van der Waals surface area contributed by atoms with Gasteiger partial charge in [-0.05, 0) is 40.5 Å². The van der Waals surface area contributed by atoms with Crippen molar-refractivity contribution in [2.45, 2.75) is 19.5 Å². The van der Waals surface area contributed by atoms with Gasteiger partial charge in [0.25, 0.3) is 0 Å². The van der Waals surface area contributed by atoms with Crippen LogP contribution in [-0.4, -0.2) is 14.8 Å². The van der Waals surface area contributed by atoms with Gasteiger partial charge in [0.1, 0.15) is 5.15 Å². The lowest BCUT2D eigenvalue weighted by molar-refractivity contribution is 0.541. The highest BCUT2D eigenvalue weighted by atomic mass is 79.9. The molecule has 3 N–H and O–H groups in total. The maximum absolute atomic E-state index is 5.91. The Morgan fingerprint density at radius 1 is 1.61 bits per heavy atom. The molecule has 1 atom stereocenters. The summed E-state index contributed by atoms with van der Waals surface area (Å²) in [6.45, 7) is 2.79. The molecule has 0 aromatic carbocycles. The lowest BCUT2D eigenvalue weighted by Gasteiger charge is -2.18. The van der Waals surface area contributed by atoms with Gasteiger partial charge in [-0.3, -0.25) is 10.5 Å². The maximum atomic E-state index is 5.91. The molecule has 0 aliphatic rings. The average molecular weight is 331 g/mol. The van der Waals surface area contributed by atoms with Crippen molar-refractivity contribution in [2.75, 3.05) is 0 Å². The molecule has 18 heavy (non-hydrogen) atoms. The largest absolute Gasteiger partial charge is 0.271 e. The van der Waals surface area contributed by atoms with Gasteiger partial charge in [0.15, 0.2) is 0 Å². The van der Waals surface area contributed by atoms with E-state index in [1.807, 2.05) is 17.7 Å². The Bertz CT molecular complexity index is 542. The van der Waals surface area contributed by atoms with Crippen LogP contribution in [0.25, 0.3) is 0 Å². The van der Waals surface area contributed by atoms with E-state index in [9.17, 15) is 0 Å². The summed E-state index contributed by atoms with van der Waals surface area (Å²) in [6, 6.07) is 3.46. The van der Waals surface area contributed by atoms with Crippen LogP contribution in [0.1, 0.15) is 24.2 Å². The Hall–Kier alpha value is -0.950. The Morgan fingerprint density at radius 2 is 2.39 bits per heavy atom. The quantitative estimate of drug-likeness (QED) is 0.512. The summed E-state index contributed by atoms with van der Waals surface area (Å²) in [4.78, 5) is 3.97. The first-order valence-electron chi connectivity index (χ1n) is 5.46. The van der Waals surface area contributed by atoms with Crippen molar-refractivity contribution >= 4 is 27.5 Å². The Labute approximate surface area is 118 Å². The molecule has 0 aliphatic carbocycles. The zero-order valence-corrected chi connectivity index (χ0v) is 12.1. The molecule has 0 saturated heterocycles. The minimum absolute atomic E-state index is 0.192. The van der Waals surface area contributed by atoms with Crippen molar-refractivity contribution in [3.05, 3.63) is 45.4 Å². The normalized spacial score (nSPS) is 12.7. The number of rotatable bonds is 4. The molecule has 7 heteroatoms. The van der Waals surface area contributed by atoms with E-state index < -0.39 is 0 Å². The molecule has 0 fully saturated rings. The summed E-state index contributed by atoms with van der Waals surface area (Å²) in [7, 11) is 0. The molecule has 0 amide bonds. The van der Waals surface area contributed by atoms with Crippen LogP contribution in [0.4, 0.5) is 0 Å². The number of halogens is 2. The highest BCUT2D eigenvalue weighted by molar-refractivity contribution is 9.10. The lowest BCUT2D eigenvalue weighted by atomic mass is 10.1. The van der Waals surface area contributed by atoms with E-state index in [0.29, 0.717) is 5.15 Å². The minimum atomic E-state index is -0.192. The second kappa shape index (κ2) is 5.79. The van der Waals surface area contributed by atoms with Gasteiger partial charge in [-0.15, -0.1) is 0 Å². The number of aryl methyl sites for hydroxylation is 1. The Kier molecular flexibility index (Phi) is 4.34. The number of pyridine rings is 1. The second-order valence-corrected chi connectivity index (χ2v) is 4.95. The molecule has 0 saturated carbocycles. The molecular formula is C11H13BrClN5. The third-order valence-corrected chi connectivity index (χ3v) is 3.47. The van der Waals surface area contributed by atoms with Crippen LogP contribution in [0.3, 0.4) is 0 Å². The first kappa shape index (κ1) is 13.5. The number of hydrogen-bond acceptors (Lipinski definition) is 4. The molecule has 1 unspecified atom stereocenters. The second-order valence-electron chi connectivity index (χ2n) is 3.71. The fraction of sp³-hybridized carbons (Fsp3) is 0.273. The summed E-state index contributed by atoms with van der Waals surface area (Å²) in [5.74, 6) is 5.66. The third-order valence-electron chi connectivity index (χ3n) is 2.66. The fourth-order valence-corrected chi connectivity index (χ4v) is 2.55. The van der Waals surface area contributed by atoms with E-state index >= 15 is 0 Å². The predicted octanol–water partition coefficient (Wildman–Crippen LogP) is 2.27. The van der Waals surface area contributed by atoms with Crippen LogP contribution in [0.15, 0.2) is 29.0 Å². The molecule has 2 heterocycles. The topological polar surface area (TPSA) is 68.8 Å². The van der Waals surface area contributed by atoms with Crippen LogP contribution in [-0.2, 0) is 6.54 Å². The van der Waals surface area contributed by atoms with Crippen LogP contribution < -0.4 is 11.3 Å². The number of aromatic nitrogens is 3. The minimum Gasteiger partial charge on any atom is -0.271 e. The Morgan fingerprint density at radius 3 is 3.00 bits per heavy atom. The number of nitrogens with one attached hydrogen (secondary N) is 1. The molecule has 2 rings (SSSR count). The molecule has 2 aromatic rings. The van der Waals surface area contributed by atoms with Gasteiger partial charge in [0.05, 0.1) is 22.4 Å². The van der Waals surface area contributed by atoms with Gasteiger partial charge >= 0.3 is 0 Å². The number of hydrazine groups is 1. The highest BCUT2D eigenvalue weighted by Crippen LogP contribution is 2.28. The summed E-state index contributed by atoms with van der Waals surface area (Å²) >= 11 is 9.39. The van der Waals surface area contributed by atoms with E-state index in [4.69, 9.17) is 17.4 Å². The molecule has 5 nitrogen and oxygen atoms in total. The highest BCUT2D eigenvalue weighted by Gasteiger charge is 2.20. The molecule has 0 spiro atoms. The van der Waals surface area contributed by atoms with E-state index in [2.05, 4.69) is 31.4 Å². The number of hydrogen-bond donors (Lipinski definition) is 2. The predicted molar refractivity (Wildman–Crippen MR) is 74.0 cm³/mol. The monoisotopic (exact) mass is 329 g/mol. The van der Waals surface area contributed by atoms with Gasteiger partial charge in [-0.25, -0.2) is 10.4 Å². The molecule has 0 aliphatic heterocycles. The van der Waals surface area contributed by atoms with E-state index in [0.717, 1.165) is 22.3 Å². The molecule has 96 valence electrons. The summed E-state index contributed by atoms with van der Waals surface area (Å²) in [5, 5.41) is 4.71. The SMILES string of the molecule is CCn1ncc(Br)c1C(NN)c1ccnc(Cl)c1. The molecular weight excluding hydrogens is 318 g/mol. The van der Waals surface area contributed by atoms with Crippen molar-refractivity contribution < 1.29 is 0 Å². The summed E-state index contributed by atoms with van der Waals surface area (Å²) < 4.78 is 2.78. The van der Waals surface area contributed by atoms with Crippen LogP contribution >= 0.6 is 27.5 Å². The fourth-order valence-electron chi connectivity index (χ4n) is 1.84. The van der Waals surface area contributed by atoms with Crippen molar-refractivity contribution in [2.24, 2.45) is 5.84 Å². The molecule has 2 aromatic heterocycles. The lowest BCUT2D eigenvalue weighted by Crippen LogP contribution is -2.31. The van der Waals surface area contributed by atoms with Crippen LogP contribution in [0, 0.1) is 0 Å². The standard InChI is InChI=1S/C11H13BrClN5/c1-2-18-11(8(12)6-16-18)10(17-14)7-3-4-15-9(13)5-7/h3-6,10,17H,2,14H2,1H3. The summed E-state index contributed by atoms with van der Waals surface area (Å²) in [5.41, 5.74) is 4.69. The van der Waals surface area contributed by atoms with E-state index in [1.165, 1.54) is 0 Å².